The van der Waals surface area contributed by atoms with Gasteiger partial charge in [-0.2, -0.15) is 0 Å². The van der Waals surface area contributed by atoms with Gasteiger partial charge in [0.25, 0.3) is 5.91 Å². The molecule has 3 aromatic rings. The van der Waals surface area contributed by atoms with Gasteiger partial charge < -0.3 is 10.5 Å². The standard InChI is InChI=1S/C14H12N4O2S/c1-20-8-4-5-10-11(7-8)21-14(17-10)18-13(19)9-3-2-6-16-12(9)15/h2-7H,1H3,(H2,15,16)(H,17,18,19). The second-order valence-electron chi connectivity index (χ2n) is 4.24. The minimum Gasteiger partial charge on any atom is -0.497 e. The molecule has 0 saturated heterocycles. The molecule has 0 aliphatic rings. The van der Waals surface area contributed by atoms with E-state index < -0.39 is 0 Å². The molecule has 6 nitrogen and oxygen atoms in total. The predicted molar refractivity (Wildman–Crippen MR) is 82.8 cm³/mol. The Kier molecular flexibility index (Phi) is 3.41. The minimum atomic E-state index is -0.327. The Balaban J connectivity index is 1.88. The van der Waals surface area contributed by atoms with Crippen LogP contribution < -0.4 is 15.8 Å². The van der Waals surface area contributed by atoms with Gasteiger partial charge in [-0.15, -0.1) is 0 Å². The number of nitrogens with two attached hydrogens (primary N) is 1. The molecule has 0 fully saturated rings. The van der Waals surface area contributed by atoms with Gasteiger partial charge in [0, 0.05) is 6.20 Å². The zero-order valence-electron chi connectivity index (χ0n) is 11.2. The summed E-state index contributed by atoms with van der Waals surface area (Å²) in [6, 6.07) is 8.83. The summed E-state index contributed by atoms with van der Waals surface area (Å²) in [6.45, 7) is 0. The van der Waals surface area contributed by atoms with Crippen LogP contribution in [0, 0.1) is 0 Å². The lowest BCUT2D eigenvalue weighted by molar-refractivity contribution is 0.102. The van der Waals surface area contributed by atoms with Crippen LogP contribution in [-0.2, 0) is 0 Å². The summed E-state index contributed by atoms with van der Waals surface area (Å²) < 4.78 is 6.10. The second kappa shape index (κ2) is 5.37. The number of rotatable bonds is 3. The molecule has 2 heterocycles. The lowest BCUT2D eigenvalue weighted by Crippen LogP contribution is -2.14. The van der Waals surface area contributed by atoms with E-state index in [9.17, 15) is 4.79 Å². The van der Waals surface area contributed by atoms with Gasteiger partial charge in [-0.05, 0) is 30.3 Å². The number of benzene rings is 1. The molecular formula is C14H12N4O2S. The topological polar surface area (TPSA) is 90.1 Å². The van der Waals surface area contributed by atoms with Crippen LogP contribution in [0.5, 0.6) is 5.75 Å². The molecule has 0 saturated carbocycles. The SMILES string of the molecule is COc1ccc2nc(NC(=O)c3cccnc3N)sc2c1. The monoisotopic (exact) mass is 300 g/mol. The lowest BCUT2D eigenvalue weighted by Gasteiger charge is -2.03. The van der Waals surface area contributed by atoms with E-state index in [2.05, 4.69) is 15.3 Å². The van der Waals surface area contributed by atoms with Crippen LogP contribution in [0.4, 0.5) is 10.9 Å². The number of aromatic nitrogens is 2. The van der Waals surface area contributed by atoms with Crippen molar-refractivity contribution in [1.29, 1.82) is 0 Å². The average molecular weight is 300 g/mol. The normalized spacial score (nSPS) is 10.5. The van der Waals surface area contributed by atoms with E-state index in [1.807, 2.05) is 18.2 Å². The van der Waals surface area contributed by atoms with E-state index in [0.717, 1.165) is 16.0 Å². The van der Waals surface area contributed by atoms with Crippen molar-refractivity contribution in [2.75, 3.05) is 18.2 Å². The van der Waals surface area contributed by atoms with E-state index in [-0.39, 0.29) is 11.7 Å². The Hall–Kier alpha value is -2.67. The number of methoxy groups -OCH3 is 1. The summed E-state index contributed by atoms with van der Waals surface area (Å²) in [4.78, 5) is 20.4. The number of fused-ring (bicyclic) bond motifs is 1. The highest BCUT2D eigenvalue weighted by Crippen LogP contribution is 2.29. The molecule has 0 atom stereocenters. The maximum absolute atomic E-state index is 12.1. The summed E-state index contributed by atoms with van der Waals surface area (Å²) in [5.41, 5.74) is 6.81. The highest BCUT2D eigenvalue weighted by molar-refractivity contribution is 7.22. The van der Waals surface area contributed by atoms with Gasteiger partial charge >= 0.3 is 0 Å². The Bertz CT molecular complexity index is 816. The highest BCUT2D eigenvalue weighted by atomic mass is 32.1. The highest BCUT2D eigenvalue weighted by Gasteiger charge is 2.13. The van der Waals surface area contributed by atoms with Crippen molar-refractivity contribution in [3.8, 4) is 5.75 Å². The van der Waals surface area contributed by atoms with Gasteiger partial charge in [0.1, 0.15) is 11.6 Å². The molecule has 21 heavy (non-hydrogen) atoms. The first-order chi connectivity index (χ1) is 10.2. The maximum Gasteiger partial charge on any atom is 0.261 e. The molecule has 7 heteroatoms. The molecular weight excluding hydrogens is 288 g/mol. The molecule has 1 aromatic carbocycles. The molecule has 0 radical (unpaired) electrons. The van der Waals surface area contributed by atoms with Crippen molar-refractivity contribution in [3.63, 3.8) is 0 Å². The first kappa shape index (κ1) is 13.3. The zero-order chi connectivity index (χ0) is 14.8. The quantitative estimate of drug-likeness (QED) is 0.775. The van der Waals surface area contributed by atoms with Crippen molar-refractivity contribution in [1.82, 2.24) is 9.97 Å². The van der Waals surface area contributed by atoms with Crippen molar-refractivity contribution >= 4 is 38.4 Å². The maximum atomic E-state index is 12.1. The number of thiazole rings is 1. The fourth-order valence-corrected chi connectivity index (χ4v) is 2.75. The second-order valence-corrected chi connectivity index (χ2v) is 5.27. The molecule has 0 aliphatic carbocycles. The average Bonchev–Trinajstić information content (AvgIpc) is 2.88. The van der Waals surface area contributed by atoms with Gasteiger partial charge in [-0.3, -0.25) is 10.1 Å². The van der Waals surface area contributed by atoms with Crippen LogP contribution in [0.3, 0.4) is 0 Å². The summed E-state index contributed by atoms with van der Waals surface area (Å²) in [5, 5.41) is 3.24. The number of anilines is 2. The summed E-state index contributed by atoms with van der Waals surface area (Å²) in [7, 11) is 1.61. The molecule has 0 aliphatic heterocycles. The molecule has 2 aromatic heterocycles. The van der Waals surface area contributed by atoms with Crippen molar-refractivity contribution < 1.29 is 9.53 Å². The predicted octanol–water partition coefficient (Wildman–Crippen LogP) is 2.53. The van der Waals surface area contributed by atoms with Crippen molar-refractivity contribution in [2.45, 2.75) is 0 Å². The number of hydrogen-bond acceptors (Lipinski definition) is 6. The summed E-state index contributed by atoms with van der Waals surface area (Å²) >= 11 is 1.37. The van der Waals surface area contributed by atoms with Gasteiger partial charge in [0.2, 0.25) is 0 Å². The summed E-state index contributed by atoms with van der Waals surface area (Å²) in [5.74, 6) is 0.616. The fraction of sp³-hybridized carbons (Fsp3) is 0.0714. The van der Waals surface area contributed by atoms with Gasteiger partial charge in [-0.1, -0.05) is 11.3 Å². The molecule has 1 amide bonds. The minimum absolute atomic E-state index is 0.192. The van der Waals surface area contributed by atoms with Crippen molar-refractivity contribution in [2.24, 2.45) is 0 Å². The van der Waals surface area contributed by atoms with Crippen LogP contribution in [0.1, 0.15) is 10.4 Å². The van der Waals surface area contributed by atoms with E-state index in [1.165, 1.54) is 17.5 Å². The Morgan fingerprint density at radius 1 is 1.38 bits per heavy atom. The first-order valence-electron chi connectivity index (χ1n) is 6.14. The number of carbonyl (C=O) groups is 1. The van der Waals surface area contributed by atoms with Gasteiger partial charge in [0.05, 0.1) is 22.9 Å². The van der Waals surface area contributed by atoms with Gasteiger partial charge in [-0.25, -0.2) is 9.97 Å². The molecule has 3 N–H and O–H groups in total. The Morgan fingerprint density at radius 3 is 3.00 bits per heavy atom. The number of ether oxygens (including phenoxy) is 1. The van der Waals surface area contributed by atoms with E-state index in [0.29, 0.717) is 10.7 Å². The molecule has 0 unspecified atom stereocenters. The Labute approximate surface area is 124 Å². The van der Waals surface area contributed by atoms with Crippen molar-refractivity contribution in [3.05, 3.63) is 42.1 Å². The number of nitrogens with zero attached hydrogens (tertiary/aromatic N) is 2. The van der Waals surface area contributed by atoms with Crippen LogP contribution in [-0.4, -0.2) is 23.0 Å². The third-order valence-corrected chi connectivity index (χ3v) is 3.83. The number of nitrogen functional groups attached to an aromatic ring is 1. The van der Waals surface area contributed by atoms with E-state index in [1.54, 1.807) is 19.2 Å². The van der Waals surface area contributed by atoms with E-state index >= 15 is 0 Å². The number of pyridine rings is 1. The number of amides is 1. The third-order valence-electron chi connectivity index (χ3n) is 2.90. The smallest absolute Gasteiger partial charge is 0.261 e. The molecule has 0 bridgehead atoms. The molecule has 0 spiro atoms. The number of carbonyl (C=O) groups excluding carboxylic acids is 1. The fourth-order valence-electron chi connectivity index (χ4n) is 1.86. The van der Waals surface area contributed by atoms with Crippen LogP contribution in [0.2, 0.25) is 0 Å². The zero-order valence-corrected chi connectivity index (χ0v) is 12.0. The first-order valence-corrected chi connectivity index (χ1v) is 6.95. The molecule has 106 valence electrons. The number of hydrogen-bond donors (Lipinski definition) is 2. The number of nitrogens with one attached hydrogen (secondary N) is 1. The van der Waals surface area contributed by atoms with Crippen LogP contribution in [0.25, 0.3) is 10.2 Å². The largest absolute Gasteiger partial charge is 0.497 e. The third kappa shape index (κ3) is 2.63. The Morgan fingerprint density at radius 2 is 2.24 bits per heavy atom. The molecule has 3 rings (SSSR count). The van der Waals surface area contributed by atoms with Gasteiger partial charge in [0.15, 0.2) is 5.13 Å². The summed E-state index contributed by atoms with van der Waals surface area (Å²) in [6.07, 6.45) is 1.54. The lowest BCUT2D eigenvalue weighted by atomic mass is 10.2. The van der Waals surface area contributed by atoms with Crippen LogP contribution >= 0.6 is 11.3 Å². The van der Waals surface area contributed by atoms with E-state index in [4.69, 9.17) is 10.5 Å². The van der Waals surface area contributed by atoms with Crippen LogP contribution in [0.15, 0.2) is 36.5 Å².